The molecule has 0 spiro atoms. The number of benzene rings is 1. The molecule has 0 radical (unpaired) electrons. The molecule has 1 aromatic heterocycles. The summed E-state index contributed by atoms with van der Waals surface area (Å²) in [5.74, 6) is -0.845. The lowest BCUT2D eigenvalue weighted by molar-refractivity contribution is -0.145. The molecule has 1 aliphatic rings. The fourth-order valence-corrected chi connectivity index (χ4v) is 3.73. The van der Waals surface area contributed by atoms with Crippen LogP contribution < -0.4 is 0 Å². The van der Waals surface area contributed by atoms with Crippen molar-refractivity contribution >= 4 is 23.1 Å². The van der Waals surface area contributed by atoms with Gasteiger partial charge in [-0.25, -0.2) is 9.78 Å². The van der Waals surface area contributed by atoms with Gasteiger partial charge in [0, 0.05) is 13.1 Å². The third-order valence-corrected chi connectivity index (χ3v) is 4.90. The summed E-state index contributed by atoms with van der Waals surface area (Å²) in [7, 11) is 0. The van der Waals surface area contributed by atoms with Crippen LogP contribution in [0.1, 0.15) is 58.5 Å². The van der Waals surface area contributed by atoms with Crippen LogP contribution in [0.5, 0.6) is 0 Å². The maximum Gasteiger partial charge on any atom is 0.410 e. The van der Waals surface area contributed by atoms with Crippen LogP contribution in [0, 0.1) is 19.8 Å². The Labute approximate surface area is 172 Å². The van der Waals surface area contributed by atoms with Crippen molar-refractivity contribution in [2.24, 2.45) is 5.92 Å². The lowest BCUT2D eigenvalue weighted by Crippen LogP contribution is -2.48. The zero-order valence-corrected chi connectivity index (χ0v) is 18.5. The van der Waals surface area contributed by atoms with E-state index in [1.54, 1.807) is 20.8 Å². The fourth-order valence-electron chi connectivity index (χ4n) is 3.73. The molecule has 1 N–H and O–H groups in total. The number of carbonyl (C=O) groups excluding carboxylic acids is 1. The Hall–Kier alpha value is -2.57. The molecule has 7 nitrogen and oxygen atoms in total. The number of carboxylic acids is 1. The second-order valence-electron chi connectivity index (χ2n) is 8.25. The number of likely N-dealkylation sites (tertiary alicyclic amines) is 1. The summed E-state index contributed by atoms with van der Waals surface area (Å²) >= 11 is 0. The number of amides is 1. The van der Waals surface area contributed by atoms with E-state index >= 15 is 0 Å². The van der Waals surface area contributed by atoms with Crippen molar-refractivity contribution in [3.05, 3.63) is 29.6 Å². The average molecular weight is 404 g/mol. The smallest absolute Gasteiger partial charge is 0.410 e. The molecule has 1 aliphatic heterocycles. The number of rotatable bonds is 2. The predicted octanol–water partition coefficient (Wildman–Crippen LogP) is 4.56. The first-order valence-electron chi connectivity index (χ1n) is 10.2. The summed E-state index contributed by atoms with van der Waals surface area (Å²) in [4.78, 5) is 30.5. The van der Waals surface area contributed by atoms with Crippen LogP contribution >= 0.6 is 0 Å². The van der Waals surface area contributed by atoms with E-state index in [2.05, 4.69) is 4.98 Å². The fraction of sp³-hybridized carbons (Fsp3) is 0.591. The van der Waals surface area contributed by atoms with Gasteiger partial charge in [0.1, 0.15) is 11.4 Å². The summed E-state index contributed by atoms with van der Waals surface area (Å²) in [6.07, 6.45) is 0.0752. The molecule has 2 atom stereocenters. The van der Waals surface area contributed by atoms with Gasteiger partial charge >= 0.3 is 12.1 Å². The number of piperidine rings is 1. The zero-order chi connectivity index (χ0) is 21.9. The highest BCUT2D eigenvalue weighted by Crippen LogP contribution is 2.33. The first-order chi connectivity index (χ1) is 13.6. The molecule has 1 saturated heterocycles. The second kappa shape index (κ2) is 8.84. The van der Waals surface area contributed by atoms with E-state index < -0.39 is 23.6 Å². The molecule has 1 amide bonds. The number of aromatic nitrogens is 2. The molecule has 2 unspecified atom stereocenters. The normalized spacial score (nSPS) is 19.5. The third kappa shape index (κ3) is 5.08. The van der Waals surface area contributed by atoms with Crippen molar-refractivity contribution in [1.29, 1.82) is 0 Å². The minimum atomic E-state index is -0.915. The summed E-state index contributed by atoms with van der Waals surface area (Å²) in [6, 6.07) is 5.74. The number of fused-ring (bicyclic) bond motifs is 1. The maximum atomic E-state index is 12.4. The third-order valence-electron chi connectivity index (χ3n) is 4.90. The highest BCUT2D eigenvalue weighted by molar-refractivity contribution is 5.78. The Morgan fingerprint density at radius 1 is 1.21 bits per heavy atom. The van der Waals surface area contributed by atoms with Crippen molar-refractivity contribution < 1.29 is 19.4 Å². The van der Waals surface area contributed by atoms with E-state index in [4.69, 9.17) is 4.74 Å². The molecule has 29 heavy (non-hydrogen) atoms. The number of hydrogen-bond donors (Lipinski definition) is 1. The van der Waals surface area contributed by atoms with E-state index in [0.29, 0.717) is 13.0 Å². The number of nitrogens with zero attached hydrogens (tertiary/aromatic N) is 3. The first-order valence-corrected chi connectivity index (χ1v) is 10.2. The van der Waals surface area contributed by atoms with Crippen molar-refractivity contribution in [1.82, 2.24) is 14.5 Å². The Bertz CT molecular complexity index is 882. The molecule has 2 heterocycles. The van der Waals surface area contributed by atoms with Crippen molar-refractivity contribution in [2.75, 3.05) is 13.1 Å². The standard InChI is InChI=1S/C20H27N3O4.C2H6/c1-12-6-7-17-15(10-12)21-13(2)23(17)16-8-9-22(11-14(16)18(24)25)19(26)27-20(3,4)5;1-2/h6-7,10,14,16H,8-9,11H2,1-5H3,(H,24,25);1-2H3. The highest BCUT2D eigenvalue weighted by Gasteiger charge is 2.39. The Morgan fingerprint density at radius 2 is 1.86 bits per heavy atom. The molecule has 1 fully saturated rings. The summed E-state index contributed by atoms with van der Waals surface area (Å²) in [6.45, 7) is 13.9. The van der Waals surface area contributed by atoms with Gasteiger partial charge in [0.25, 0.3) is 0 Å². The summed E-state index contributed by atoms with van der Waals surface area (Å²) in [5, 5.41) is 9.83. The van der Waals surface area contributed by atoms with Crippen LogP contribution in [-0.4, -0.2) is 50.3 Å². The van der Waals surface area contributed by atoms with Crippen molar-refractivity contribution in [2.45, 2.75) is 66.5 Å². The van der Waals surface area contributed by atoms with Gasteiger partial charge in [0.05, 0.1) is 23.0 Å². The van der Waals surface area contributed by atoms with Crippen LogP contribution in [0.15, 0.2) is 18.2 Å². The first kappa shape index (κ1) is 22.7. The number of ether oxygens (including phenoxy) is 1. The van der Waals surface area contributed by atoms with Crippen LogP contribution in [0.2, 0.25) is 0 Å². The van der Waals surface area contributed by atoms with Gasteiger partial charge in [-0.2, -0.15) is 0 Å². The number of hydrogen-bond acceptors (Lipinski definition) is 4. The van der Waals surface area contributed by atoms with Crippen LogP contribution in [0.3, 0.4) is 0 Å². The zero-order valence-electron chi connectivity index (χ0n) is 18.5. The molecule has 7 heteroatoms. The summed E-state index contributed by atoms with van der Waals surface area (Å²) in [5.41, 5.74) is 2.30. The SMILES string of the molecule is CC.Cc1ccc2c(c1)nc(C)n2C1CCN(C(=O)OC(C)(C)C)CC1C(=O)O. The van der Waals surface area contributed by atoms with E-state index in [1.165, 1.54) is 4.90 Å². The molecule has 2 aromatic rings. The highest BCUT2D eigenvalue weighted by atomic mass is 16.6. The number of aryl methyl sites for hydroxylation is 2. The Balaban J connectivity index is 0.00000145. The Morgan fingerprint density at radius 3 is 2.45 bits per heavy atom. The molecule has 0 bridgehead atoms. The average Bonchev–Trinajstić information content (AvgIpc) is 2.96. The van der Waals surface area contributed by atoms with Gasteiger partial charge in [0.15, 0.2) is 0 Å². The summed E-state index contributed by atoms with van der Waals surface area (Å²) < 4.78 is 7.43. The molecule has 3 rings (SSSR count). The maximum absolute atomic E-state index is 12.4. The van der Waals surface area contributed by atoms with Crippen LogP contribution in [-0.2, 0) is 9.53 Å². The number of carbonyl (C=O) groups is 2. The monoisotopic (exact) mass is 403 g/mol. The number of aliphatic carboxylic acids is 1. The van der Waals surface area contributed by atoms with E-state index in [0.717, 1.165) is 22.4 Å². The van der Waals surface area contributed by atoms with Gasteiger partial charge in [0.2, 0.25) is 0 Å². The van der Waals surface area contributed by atoms with Gasteiger partial charge in [-0.15, -0.1) is 0 Å². The molecule has 160 valence electrons. The van der Waals surface area contributed by atoms with Gasteiger partial charge in [-0.3, -0.25) is 4.79 Å². The van der Waals surface area contributed by atoms with E-state index in [1.807, 2.05) is 50.5 Å². The largest absolute Gasteiger partial charge is 0.481 e. The van der Waals surface area contributed by atoms with Gasteiger partial charge in [-0.1, -0.05) is 19.9 Å². The quantitative estimate of drug-likeness (QED) is 0.794. The molecule has 0 aliphatic carbocycles. The van der Waals surface area contributed by atoms with Crippen LogP contribution in [0.4, 0.5) is 4.79 Å². The lowest BCUT2D eigenvalue weighted by atomic mass is 9.91. The molecular formula is C22H33N3O4. The lowest BCUT2D eigenvalue weighted by Gasteiger charge is -2.38. The van der Waals surface area contributed by atoms with E-state index in [9.17, 15) is 14.7 Å². The number of carboxylic acid groups (broad SMARTS) is 1. The Kier molecular flexibility index (Phi) is 6.93. The van der Waals surface area contributed by atoms with E-state index in [-0.39, 0.29) is 12.6 Å². The topological polar surface area (TPSA) is 84.7 Å². The van der Waals surface area contributed by atoms with Gasteiger partial charge < -0.3 is 19.3 Å². The second-order valence-corrected chi connectivity index (χ2v) is 8.25. The molecule has 0 saturated carbocycles. The predicted molar refractivity (Wildman–Crippen MR) is 113 cm³/mol. The van der Waals surface area contributed by atoms with Crippen LogP contribution in [0.25, 0.3) is 11.0 Å². The van der Waals surface area contributed by atoms with Crippen molar-refractivity contribution in [3.8, 4) is 0 Å². The van der Waals surface area contributed by atoms with Crippen molar-refractivity contribution in [3.63, 3.8) is 0 Å². The molecule has 1 aromatic carbocycles. The van der Waals surface area contributed by atoms with Gasteiger partial charge in [-0.05, 0) is 58.7 Å². The minimum absolute atomic E-state index is 0.125. The number of imidazole rings is 1. The molecular weight excluding hydrogens is 370 g/mol. The minimum Gasteiger partial charge on any atom is -0.481 e.